The second-order valence-electron chi connectivity index (χ2n) is 9.71. The number of aromatic nitrogens is 2. The summed E-state index contributed by atoms with van der Waals surface area (Å²) in [6, 6.07) is 14.9. The smallest absolute Gasteiger partial charge is 0.257 e. The van der Waals surface area contributed by atoms with Crippen molar-refractivity contribution in [1.82, 2.24) is 20.0 Å². The van der Waals surface area contributed by atoms with Gasteiger partial charge in [0.15, 0.2) is 0 Å². The van der Waals surface area contributed by atoms with Crippen molar-refractivity contribution in [2.24, 2.45) is 0 Å². The molecular formula is C28H35N5O. The van der Waals surface area contributed by atoms with Crippen LogP contribution in [-0.2, 0) is 0 Å². The lowest BCUT2D eigenvalue weighted by atomic mass is 9.91. The Balaban J connectivity index is 1.39. The lowest BCUT2D eigenvalue weighted by molar-refractivity contribution is 0.0744. The number of rotatable bonds is 4. The van der Waals surface area contributed by atoms with Gasteiger partial charge in [-0.05, 0) is 76.0 Å². The summed E-state index contributed by atoms with van der Waals surface area (Å²) in [6.07, 6.45) is 3.85. The number of piperidine rings is 1. The summed E-state index contributed by atoms with van der Waals surface area (Å²) in [7, 11) is 0. The molecule has 0 atom stereocenters. The molecule has 34 heavy (non-hydrogen) atoms. The van der Waals surface area contributed by atoms with Crippen molar-refractivity contribution in [1.29, 1.82) is 0 Å². The minimum Gasteiger partial charge on any atom is -0.368 e. The van der Waals surface area contributed by atoms with Crippen molar-refractivity contribution in [3.8, 4) is 5.69 Å². The zero-order valence-electron chi connectivity index (χ0n) is 20.6. The van der Waals surface area contributed by atoms with E-state index in [1.54, 1.807) is 6.20 Å². The lowest BCUT2D eigenvalue weighted by Crippen LogP contribution is -2.49. The van der Waals surface area contributed by atoms with Crippen LogP contribution in [0.2, 0.25) is 0 Å². The number of hydrogen-bond acceptors (Lipinski definition) is 4. The summed E-state index contributed by atoms with van der Waals surface area (Å²) in [5.74, 6) is 0.452. The number of benzene rings is 2. The van der Waals surface area contributed by atoms with Gasteiger partial charge >= 0.3 is 0 Å². The van der Waals surface area contributed by atoms with Gasteiger partial charge in [-0.25, -0.2) is 4.68 Å². The summed E-state index contributed by atoms with van der Waals surface area (Å²) in [5, 5.41) is 8.18. The van der Waals surface area contributed by atoms with E-state index in [0.717, 1.165) is 69.1 Å². The van der Waals surface area contributed by atoms with Crippen molar-refractivity contribution in [3.05, 3.63) is 76.6 Å². The van der Waals surface area contributed by atoms with Gasteiger partial charge in [0.1, 0.15) is 0 Å². The second-order valence-corrected chi connectivity index (χ2v) is 9.71. The van der Waals surface area contributed by atoms with Crippen LogP contribution in [0.25, 0.3) is 5.69 Å². The molecule has 178 valence electrons. The second kappa shape index (κ2) is 9.63. The highest BCUT2D eigenvalue weighted by Crippen LogP contribution is 2.31. The van der Waals surface area contributed by atoms with E-state index in [4.69, 9.17) is 5.10 Å². The fourth-order valence-corrected chi connectivity index (χ4v) is 5.30. The molecule has 1 amide bonds. The molecule has 2 aliphatic heterocycles. The summed E-state index contributed by atoms with van der Waals surface area (Å²) in [6.45, 7) is 11.6. The van der Waals surface area contributed by atoms with Gasteiger partial charge in [0, 0.05) is 37.8 Å². The van der Waals surface area contributed by atoms with E-state index < -0.39 is 0 Å². The number of piperazine rings is 1. The number of amides is 1. The number of aryl methyl sites for hydroxylation is 2. The maximum Gasteiger partial charge on any atom is 0.257 e. The zero-order chi connectivity index (χ0) is 23.7. The Hall–Kier alpha value is -3.12. The van der Waals surface area contributed by atoms with Gasteiger partial charge in [-0.15, -0.1) is 0 Å². The van der Waals surface area contributed by atoms with Crippen molar-refractivity contribution in [3.63, 3.8) is 0 Å². The van der Waals surface area contributed by atoms with E-state index in [2.05, 4.69) is 73.5 Å². The van der Waals surface area contributed by atoms with E-state index in [1.807, 2.05) is 9.58 Å². The minimum absolute atomic E-state index is 0.118. The Kier molecular flexibility index (Phi) is 6.42. The van der Waals surface area contributed by atoms with Crippen LogP contribution in [0.5, 0.6) is 0 Å². The van der Waals surface area contributed by atoms with E-state index >= 15 is 0 Å². The number of anilines is 1. The van der Waals surface area contributed by atoms with Gasteiger partial charge in [-0.1, -0.05) is 29.8 Å². The van der Waals surface area contributed by atoms with E-state index in [0.29, 0.717) is 5.92 Å². The fourth-order valence-electron chi connectivity index (χ4n) is 5.30. The number of nitrogens with zero attached hydrogens (tertiary/aromatic N) is 4. The van der Waals surface area contributed by atoms with Crippen LogP contribution in [-0.4, -0.2) is 59.9 Å². The first kappa shape index (κ1) is 22.7. The van der Waals surface area contributed by atoms with Gasteiger partial charge in [0.05, 0.1) is 23.1 Å². The normalized spacial score (nSPS) is 17.3. The number of carbonyl (C=O) groups is 1. The van der Waals surface area contributed by atoms with Gasteiger partial charge in [-0.2, -0.15) is 5.10 Å². The quantitative estimate of drug-likeness (QED) is 0.637. The SMILES string of the molecule is Cc1ccc(-n2ncc(C(=O)N3CCN(c4cccc(C)c4C)CC3)c2C2CCNCC2)cc1. The molecule has 0 unspecified atom stereocenters. The predicted octanol–water partition coefficient (Wildman–Crippen LogP) is 4.23. The molecule has 2 fully saturated rings. The van der Waals surface area contributed by atoms with E-state index in [9.17, 15) is 4.79 Å². The fraction of sp³-hybridized carbons (Fsp3) is 0.429. The van der Waals surface area contributed by atoms with Crippen molar-refractivity contribution >= 4 is 11.6 Å². The van der Waals surface area contributed by atoms with Crippen molar-refractivity contribution in [2.45, 2.75) is 39.5 Å². The highest BCUT2D eigenvalue weighted by Gasteiger charge is 2.31. The van der Waals surface area contributed by atoms with Gasteiger partial charge in [0.2, 0.25) is 0 Å². The maximum absolute atomic E-state index is 13.8. The highest BCUT2D eigenvalue weighted by molar-refractivity contribution is 5.95. The van der Waals surface area contributed by atoms with Crippen LogP contribution < -0.4 is 10.2 Å². The first-order valence-corrected chi connectivity index (χ1v) is 12.5. The van der Waals surface area contributed by atoms with Gasteiger partial charge < -0.3 is 15.1 Å². The van der Waals surface area contributed by atoms with Gasteiger partial charge in [0.25, 0.3) is 5.91 Å². The predicted molar refractivity (Wildman–Crippen MR) is 137 cm³/mol. The van der Waals surface area contributed by atoms with E-state index in [-0.39, 0.29) is 5.91 Å². The van der Waals surface area contributed by atoms with Crippen LogP contribution in [0.1, 0.15) is 51.5 Å². The molecule has 0 aliphatic carbocycles. The molecule has 0 saturated carbocycles. The standard InChI is InChI=1S/C28H35N5O/c1-20-7-9-24(10-8-20)33-27(23-11-13-29-14-12-23)25(19-30-33)28(34)32-17-15-31(16-18-32)26-6-4-5-21(2)22(26)3/h4-10,19,23,29H,11-18H2,1-3H3. The van der Waals surface area contributed by atoms with Crippen molar-refractivity contribution in [2.75, 3.05) is 44.2 Å². The van der Waals surface area contributed by atoms with E-state index in [1.165, 1.54) is 22.4 Å². The maximum atomic E-state index is 13.8. The van der Waals surface area contributed by atoms with Crippen LogP contribution in [0, 0.1) is 20.8 Å². The minimum atomic E-state index is 0.118. The summed E-state index contributed by atoms with van der Waals surface area (Å²) >= 11 is 0. The molecule has 3 heterocycles. The monoisotopic (exact) mass is 457 g/mol. The van der Waals surface area contributed by atoms with Crippen LogP contribution in [0.15, 0.2) is 48.7 Å². The van der Waals surface area contributed by atoms with Crippen molar-refractivity contribution < 1.29 is 4.79 Å². The average Bonchev–Trinajstić information content (AvgIpc) is 3.31. The number of carbonyl (C=O) groups excluding carboxylic acids is 1. The summed E-state index contributed by atoms with van der Waals surface area (Å²) in [4.78, 5) is 18.2. The van der Waals surface area contributed by atoms with Crippen LogP contribution >= 0.6 is 0 Å². The molecule has 6 nitrogen and oxygen atoms in total. The molecule has 1 N–H and O–H groups in total. The summed E-state index contributed by atoms with van der Waals surface area (Å²) < 4.78 is 2.01. The molecular weight excluding hydrogens is 422 g/mol. The third-order valence-corrected chi connectivity index (χ3v) is 7.52. The Morgan fingerprint density at radius 3 is 2.35 bits per heavy atom. The third-order valence-electron chi connectivity index (χ3n) is 7.52. The molecule has 0 bridgehead atoms. The van der Waals surface area contributed by atoms with Crippen LogP contribution in [0.3, 0.4) is 0 Å². The molecule has 0 radical (unpaired) electrons. The Morgan fingerprint density at radius 2 is 1.65 bits per heavy atom. The van der Waals surface area contributed by atoms with Gasteiger partial charge in [-0.3, -0.25) is 4.79 Å². The largest absolute Gasteiger partial charge is 0.368 e. The third kappa shape index (κ3) is 4.34. The topological polar surface area (TPSA) is 53.4 Å². The Bertz CT molecular complexity index is 1150. The molecule has 2 aliphatic rings. The first-order valence-electron chi connectivity index (χ1n) is 12.5. The molecule has 3 aromatic rings. The summed E-state index contributed by atoms with van der Waals surface area (Å²) in [5.41, 5.74) is 8.02. The molecule has 5 rings (SSSR count). The number of hydrogen-bond donors (Lipinski definition) is 1. The molecule has 2 saturated heterocycles. The molecule has 1 aromatic heterocycles. The highest BCUT2D eigenvalue weighted by atomic mass is 16.2. The lowest BCUT2D eigenvalue weighted by Gasteiger charge is -2.37. The number of nitrogens with one attached hydrogen (secondary N) is 1. The Morgan fingerprint density at radius 1 is 0.941 bits per heavy atom. The average molecular weight is 458 g/mol. The Labute approximate surface area is 202 Å². The zero-order valence-corrected chi connectivity index (χ0v) is 20.6. The first-order chi connectivity index (χ1) is 16.5. The van der Waals surface area contributed by atoms with Crippen LogP contribution in [0.4, 0.5) is 5.69 Å². The molecule has 6 heteroatoms. The molecule has 0 spiro atoms. The molecule has 2 aromatic carbocycles.